The summed E-state index contributed by atoms with van der Waals surface area (Å²) >= 11 is 0. The molecule has 5 heteroatoms. The Hall–Kier alpha value is -3.31. The van der Waals surface area contributed by atoms with Gasteiger partial charge in [-0.25, -0.2) is 0 Å². The number of nitrogens with zero attached hydrogens (tertiary/aromatic N) is 2. The van der Waals surface area contributed by atoms with Gasteiger partial charge in [0.1, 0.15) is 24.7 Å². The van der Waals surface area contributed by atoms with Crippen molar-refractivity contribution in [2.75, 3.05) is 45.9 Å². The second-order valence-electron chi connectivity index (χ2n) is 9.73. The Kier molecular flexibility index (Phi) is 8.19. The monoisotopic (exact) mass is 484 g/mol. The summed E-state index contributed by atoms with van der Waals surface area (Å²) < 4.78 is 11.9. The lowest BCUT2D eigenvalue weighted by molar-refractivity contribution is -0.128. The molecule has 0 saturated carbocycles. The van der Waals surface area contributed by atoms with Crippen LogP contribution >= 0.6 is 0 Å². The Morgan fingerprint density at radius 2 is 1.36 bits per heavy atom. The third-order valence-corrected chi connectivity index (χ3v) is 7.18. The molecule has 2 aliphatic heterocycles. The maximum absolute atomic E-state index is 11.7. The highest BCUT2D eigenvalue weighted by Crippen LogP contribution is 2.28. The molecule has 0 spiro atoms. The van der Waals surface area contributed by atoms with E-state index in [1.54, 1.807) is 0 Å². The van der Waals surface area contributed by atoms with Gasteiger partial charge in [-0.2, -0.15) is 0 Å². The van der Waals surface area contributed by atoms with E-state index in [-0.39, 0.29) is 5.91 Å². The van der Waals surface area contributed by atoms with E-state index in [1.165, 1.54) is 48.2 Å². The summed E-state index contributed by atoms with van der Waals surface area (Å²) in [7, 11) is 0. The first-order valence-electron chi connectivity index (χ1n) is 13.3. The zero-order chi connectivity index (χ0) is 24.6. The van der Waals surface area contributed by atoms with Crippen LogP contribution in [0.25, 0.3) is 11.1 Å². The highest BCUT2D eigenvalue weighted by atomic mass is 16.5. The van der Waals surface area contributed by atoms with Crippen molar-refractivity contribution in [2.45, 2.75) is 32.1 Å². The van der Waals surface area contributed by atoms with Crippen molar-refractivity contribution in [3.05, 3.63) is 83.9 Å². The standard InChI is InChI=1S/C31H36N2O3/c34-31-8-5-19-33(31)21-23-36-28-13-9-25(10-14-28)24-27-6-1-2-7-30(27)26-11-15-29(16-12-26)35-22-20-32-17-3-4-18-32/h1-2,6-7,9-16H,3-5,8,17-24H2. The molecule has 2 heterocycles. The number of hydrogen-bond acceptors (Lipinski definition) is 4. The lowest BCUT2D eigenvalue weighted by Crippen LogP contribution is -2.29. The summed E-state index contributed by atoms with van der Waals surface area (Å²) in [5.74, 6) is 2.02. The van der Waals surface area contributed by atoms with Crippen LogP contribution in [0.5, 0.6) is 11.5 Å². The van der Waals surface area contributed by atoms with Crippen molar-refractivity contribution in [2.24, 2.45) is 0 Å². The van der Waals surface area contributed by atoms with Crippen molar-refractivity contribution >= 4 is 5.91 Å². The molecule has 36 heavy (non-hydrogen) atoms. The molecule has 5 rings (SSSR count). The van der Waals surface area contributed by atoms with Crippen molar-refractivity contribution in [3.8, 4) is 22.6 Å². The molecule has 1 amide bonds. The molecule has 0 bridgehead atoms. The summed E-state index contributed by atoms with van der Waals surface area (Å²) in [5.41, 5.74) is 4.98. The molecular formula is C31H36N2O3. The van der Waals surface area contributed by atoms with Crippen LogP contribution in [0.2, 0.25) is 0 Å². The quantitative estimate of drug-likeness (QED) is 0.364. The Bertz CT molecular complexity index is 1120. The van der Waals surface area contributed by atoms with Gasteiger partial charge in [0.15, 0.2) is 0 Å². The van der Waals surface area contributed by atoms with Crippen molar-refractivity contribution in [1.29, 1.82) is 0 Å². The first-order chi connectivity index (χ1) is 17.7. The smallest absolute Gasteiger partial charge is 0.222 e. The van der Waals surface area contributed by atoms with E-state index < -0.39 is 0 Å². The highest BCUT2D eigenvalue weighted by Gasteiger charge is 2.19. The number of benzene rings is 3. The first kappa shape index (κ1) is 24.4. The van der Waals surface area contributed by atoms with Crippen LogP contribution in [0.4, 0.5) is 0 Å². The third kappa shape index (κ3) is 6.46. The average molecular weight is 485 g/mol. The fourth-order valence-electron chi connectivity index (χ4n) is 5.12. The van der Waals surface area contributed by atoms with Gasteiger partial charge in [0, 0.05) is 19.5 Å². The Balaban J connectivity index is 1.15. The van der Waals surface area contributed by atoms with E-state index >= 15 is 0 Å². The summed E-state index contributed by atoms with van der Waals surface area (Å²) in [6, 6.07) is 25.4. The maximum Gasteiger partial charge on any atom is 0.222 e. The first-order valence-corrected chi connectivity index (χ1v) is 13.3. The molecule has 3 aromatic rings. The van der Waals surface area contributed by atoms with Gasteiger partial charge in [-0.15, -0.1) is 0 Å². The minimum absolute atomic E-state index is 0.243. The summed E-state index contributed by atoms with van der Waals surface area (Å²) in [4.78, 5) is 16.1. The molecule has 3 aromatic carbocycles. The van der Waals surface area contributed by atoms with Gasteiger partial charge in [-0.1, -0.05) is 48.5 Å². The summed E-state index contributed by atoms with van der Waals surface area (Å²) in [6.07, 6.45) is 5.12. The van der Waals surface area contributed by atoms with E-state index in [2.05, 4.69) is 65.6 Å². The van der Waals surface area contributed by atoms with Crippen molar-refractivity contribution in [1.82, 2.24) is 9.80 Å². The minimum atomic E-state index is 0.243. The fourth-order valence-corrected chi connectivity index (χ4v) is 5.12. The van der Waals surface area contributed by atoms with Gasteiger partial charge in [0.2, 0.25) is 5.91 Å². The Morgan fingerprint density at radius 1 is 0.694 bits per heavy atom. The van der Waals surface area contributed by atoms with Crippen LogP contribution in [0.3, 0.4) is 0 Å². The molecule has 0 aliphatic carbocycles. The molecule has 0 N–H and O–H groups in total. The number of carbonyl (C=O) groups is 1. The largest absolute Gasteiger partial charge is 0.492 e. The molecular weight excluding hydrogens is 448 g/mol. The number of rotatable bonds is 11. The second kappa shape index (κ2) is 12.1. The molecule has 2 fully saturated rings. The van der Waals surface area contributed by atoms with E-state index in [1.807, 2.05) is 17.0 Å². The van der Waals surface area contributed by atoms with Crippen LogP contribution in [0, 0.1) is 0 Å². The molecule has 0 aromatic heterocycles. The second-order valence-corrected chi connectivity index (χ2v) is 9.73. The van der Waals surface area contributed by atoms with Gasteiger partial charge in [-0.3, -0.25) is 9.69 Å². The highest BCUT2D eigenvalue weighted by molar-refractivity contribution is 5.78. The number of likely N-dealkylation sites (tertiary alicyclic amines) is 2. The van der Waals surface area contributed by atoms with E-state index in [0.29, 0.717) is 19.6 Å². The number of hydrogen-bond donors (Lipinski definition) is 0. The molecule has 2 saturated heterocycles. The molecule has 5 nitrogen and oxygen atoms in total. The van der Waals surface area contributed by atoms with Gasteiger partial charge >= 0.3 is 0 Å². The molecule has 0 atom stereocenters. The van der Waals surface area contributed by atoms with E-state index in [0.717, 1.165) is 44.0 Å². The third-order valence-electron chi connectivity index (χ3n) is 7.18. The number of amides is 1. The van der Waals surface area contributed by atoms with Gasteiger partial charge in [0.25, 0.3) is 0 Å². The van der Waals surface area contributed by atoms with Gasteiger partial charge < -0.3 is 14.4 Å². The zero-order valence-electron chi connectivity index (χ0n) is 21.0. The zero-order valence-corrected chi connectivity index (χ0v) is 21.0. The van der Waals surface area contributed by atoms with Crippen molar-refractivity contribution in [3.63, 3.8) is 0 Å². The van der Waals surface area contributed by atoms with Gasteiger partial charge in [-0.05, 0) is 85.3 Å². The predicted octanol–water partition coefficient (Wildman–Crippen LogP) is 5.42. The SMILES string of the molecule is O=C1CCCN1CCOc1ccc(Cc2ccccc2-c2ccc(OCCN3CCCC3)cc2)cc1. The fraction of sp³-hybridized carbons (Fsp3) is 0.387. The number of carbonyl (C=O) groups excluding carboxylic acids is 1. The number of ether oxygens (including phenoxy) is 2. The van der Waals surface area contributed by atoms with E-state index in [9.17, 15) is 4.79 Å². The maximum atomic E-state index is 11.7. The van der Waals surface area contributed by atoms with E-state index in [4.69, 9.17) is 9.47 Å². The molecule has 0 unspecified atom stereocenters. The lowest BCUT2D eigenvalue weighted by atomic mass is 9.95. The van der Waals surface area contributed by atoms with Crippen LogP contribution in [-0.4, -0.2) is 61.6 Å². The molecule has 0 radical (unpaired) electrons. The Labute approximate surface area is 214 Å². The molecule has 2 aliphatic rings. The lowest BCUT2D eigenvalue weighted by Gasteiger charge is -2.16. The minimum Gasteiger partial charge on any atom is -0.492 e. The predicted molar refractivity (Wildman–Crippen MR) is 144 cm³/mol. The van der Waals surface area contributed by atoms with Crippen LogP contribution < -0.4 is 9.47 Å². The Morgan fingerprint density at radius 3 is 2.06 bits per heavy atom. The average Bonchev–Trinajstić information content (AvgIpc) is 3.58. The molecule has 188 valence electrons. The summed E-state index contributed by atoms with van der Waals surface area (Å²) in [6.45, 7) is 6.21. The summed E-state index contributed by atoms with van der Waals surface area (Å²) in [5, 5.41) is 0. The van der Waals surface area contributed by atoms with Crippen LogP contribution in [-0.2, 0) is 11.2 Å². The topological polar surface area (TPSA) is 42.0 Å². The van der Waals surface area contributed by atoms with Crippen LogP contribution in [0.1, 0.15) is 36.8 Å². The van der Waals surface area contributed by atoms with Crippen LogP contribution in [0.15, 0.2) is 72.8 Å². The van der Waals surface area contributed by atoms with Crippen molar-refractivity contribution < 1.29 is 14.3 Å². The van der Waals surface area contributed by atoms with Gasteiger partial charge in [0.05, 0.1) is 6.54 Å². The normalized spacial score (nSPS) is 16.0.